The van der Waals surface area contributed by atoms with Gasteiger partial charge in [0.25, 0.3) is 0 Å². The van der Waals surface area contributed by atoms with E-state index in [-0.39, 0.29) is 97.6 Å². The molecule has 1 radical (unpaired) electrons. The molecule has 0 saturated heterocycles. The third-order valence-corrected chi connectivity index (χ3v) is 0. The molecule has 0 aliphatic carbocycles. The van der Waals surface area contributed by atoms with E-state index in [9.17, 15) is 0 Å². The van der Waals surface area contributed by atoms with Crippen molar-refractivity contribution in [2.24, 2.45) is 0 Å². The maximum atomic E-state index is 8.88. The van der Waals surface area contributed by atoms with Crippen molar-refractivity contribution >= 4 is 15.6 Å². The minimum absolute atomic E-state index is 0. The molecule has 0 saturated carbocycles. The zero-order chi connectivity index (χ0) is 9.00. The van der Waals surface area contributed by atoms with Crippen molar-refractivity contribution in [3.05, 3.63) is 0 Å². The van der Waals surface area contributed by atoms with E-state index in [2.05, 4.69) is 0 Å². The molecule has 0 heterocycles. The van der Waals surface area contributed by atoms with Crippen molar-refractivity contribution in [3.8, 4) is 0 Å². The molecule has 14 heavy (non-hydrogen) atoms. The molecule has 14 heteroatoms. The fourth-order valence-corrected chi connectivity index (χ4v) is 0. The van der Waals surface area contributed by atoms with Crippen LogP contribution in [0.1, 0.15) is 2.85 Å². The average molecular weight is 351 g/mol. The molecule has 0 spiro atoms. The number of hydrogen-bond acceptors (Lipinski definition) is 2. The Morgan fingerprint density at radius 2 is 0.714 bits per heavy atom. The van der Waals surface area contributed by atoms with Crippen molar-refractivity contribution in [1.82, 2.24) is 0 Å². The zero-order valence-electron chi connectivity index (χ0n) is 9.19. The van der Waals surface area contributed by atoms with Gasteiger partial charge in [-0.05, 0) is 0 Å². The van der Waals surface area contributed by atoms with Crippen LogP contribution in [0.5, 0.6) is 0 Å². The molecule has 0 aromatic carbocycles. The predicted molar refractivity (Wildman–Crippen MR) is 30.7 cm³/mol. The van der Waals surface area contributed by atoms with Gasteiger partial charge in [0.1, 0.15) is 0 Å². The van der Waals surface area contributed by atoms with E-state index in [0.29, 0.717) is 0 Å². The van der Waals surface area contributed by atoms with E-state index < -0.39 is 15.6 Å². The summed E-state index contributed by atoms with van der Waals surface area (Å²) in [7, 11) is -9.28. The van der Waals surface area contributed by atoms with Crippen molar-refractivity contribution in [2.75, 3.05) is 0 Å². The molecule has 0 amide bonds. The van der Waals surface area contributed by atoms with E-state index in [4.69, 9.17) is 38.5 Å². The molecular formula is H8FeNa2O8P2V. The minimum Gasteiger partial charge on any atom is -1.00 e. The Bertz CT molecular complexity index is 146. The molecule has 0 unspecified atom stereocenters. The van der Waals surface area contributed by atoms with Crippen LogP contribution in [0.3, 0.4) is 0 Å². The van der Waals surface area contributed by atoms with Gasteiger partial charge in [-0.2, -0.15) is 0 Å². The summed E-state index contributed by atoms with van der Waals surface area (Å²) in [5.41, 5.74) is 0. The first-order valence-corrected chi connectivity index (χ1v) is 4.70. The summed E-state index contributed by atoms with van der Waals surface area (Å²) in [4.78, 5) is 43.1. The SMILES string of the molecule is O=P(O)(O)O.O=P(O)(O)O.[Fe].[H-].[H-].[Na+].[Na+].[V]. The summed E-state index contributed by atoms with van der Waals surface area (Å²) in [5.74, 6) is 0. The van der Waals surface area contributed by atoms with Gasteiger partial charge >= 0.3 is 74.8 Å². The third kappa shape index (κ3) is 285. The van der Waals surface area contributed by atoms with Gasteiger partial charge in [0.15, 0.2) is 0 Å². The van der Waals surface area contributed by atoms with Crippen LogP contribution in [-0.2, 0) is 44.8 Å². The molecule has 0 aromatic rings. The minimum atomic E-state index is -4.64. The van der Waals surface area contributed by atoms with Crippen LogP contribution >= 0.6 is 15.6 Å². The van der Waals surface area contributed by atoms with Gasteiger partial charge in [-0.1, -0.05) is 0 Å². The molecule has 0 bridgehead atoms. The Morgan fingerprint density at radius 1 is 0.714 bits per heavy atom. The molecule has 0 aliphatic heterocycles. The van der Waals surface area contributed by atoms with Crippen LogP contribution in [0, 0.1) is 0 Å². The molecule has 6 N–H and O–H groups in total. The van der Waals surface area contributed by atoms with Crippen LogP contribution in [0.25, 0.3) is 0 Å². The normalized spacial score (nSPS) is 8.43. The molecule has 0 rings (SSSR count). The first kappa shape index (κ1) is 36.0. The Balaban J connectivity index is -0.00000000970. The monoisotopic (exact) mass is 351 g/mol. The summed E-state index contributed by atoms with van der Waals surface area (Å²) < 4.78 is 17.8. The molecule has 0 fully saturated rings. The molecular weight excluding hydrogens is 343 g/mol. The predicted octanol–water partition coefficient (Wildman–Crippen LogP) is -7.63. The van der Waals surface area contributed by atoms with Crippen molar-refractivity contribution < 1.29 is 136 Å². The van der Waals surface area contributed by atoms with Crippen molar-refractivity contribution in [2.45, 2.75) is 0 Å². The Hall–Kier alpha value is 3.32. The summed E-state index contributed by atoms with van der Waals surface area (Å²) in [5, 5.41) is 0. The fraction of sp³-hybridized carbons (Fsp3) is 0. The number of phosphoric acid groups is 2. The van der Waals surface area contributed by atoms with Gasteiger partial charge < -0.3 is 32.2 Å². The molecule has 8 nitrogen and oxygen atoms in total. The van der Waals surface area contributed by atoms with Gasteiger partial charge in [0, 0.05) is 35.6 Å². The fourth-order valence-electron chi connectivity index (χ4n) is 0. The van der Waals surface area contributed by atoms with Crippen molar-refractivity contribution in [3.63, 3.8) is 0 Å². The van der Waals surface area contributed by atoms with Gasteiger partial charge in [-0.25, -0.2) is 9.13 Å². The molecule has 81 valence electrons. The summed E-state index contributed by atoms with van der Waals surface area (Å²) in [6.45, 7) is 0. The van der Waals surface area contributed by atoms with E-state index in [1.54, 1.807) is 0 Å². The summed E-state index contributed by atoms with van der Waals surface area (Å²) in [6, 6.07) is 0. The second-order valence-electron chi connectivity index (χ2n) is 1.03. The molecule has 0 aliphatic rings. The second-order valence-corrected chi connectivity index (χ2v) is 3.08. The van der Waals surface area contributed by atoms with Crippen LogP contribution in [-0.4, -0.2) is 29.4 Å². The zero-order valence-corrected chi connectivity index (χ0v) is 15.5. The van der Waals surface area contributed by atoms with Gasteiger partial charge in [0.2, 0.25) is 0 Å². The average Bonchev–Trinajstić information content (AvgIpc) is 1.12. The second kappa shape index (κ2) is 16.3. The first-order valence-electron chi connectivity index (χ1n) is 1.57. The van der Waals surface area contributed by atoms with Crippen LogP contribution in [0.4, 0.5) is 0 Å². The number of rotatable bonds is 0. The van der Waals surface area contributed by atoms with E-state index in [0.717, 1.165) is 0 Å². The van der Waals surface area contributed by atoms with Crippen LogP contribution < -0.4 is 59.1 Å². The standard InChI is InChI=1S/Fe.2Na.2H3O4P.V.2H/c;;;2*1-5(2,3)4;;;/h;;;2*(H3,1,2,3,4);;;/q;2*+1;;;;2*-1. The molecule has 0 aromatic heterocycles. The van der Waals surface area contributed by atoms with Crippen LogP contribution in [0.15, 0.2) is 0 Å². The van der Waals surface area contributed by atoms with Gasteiger partial charge in [-0.15, -0.1) is 0 Å². The Kier molecular flexibility index (Phi) is 42.0. The van der Waals surface area contributed by atoms with Crippen LogP contribution in [0.2, 0.25) is 0 Å². The Labute approximate surface area is 150 Å². The topological polar surface area (TPSA) is 156 Å². The van der Waals surface area contributed by atoms with E-state index >= 15 is 0 Å². The maximum absolute atomic E-state index is 8.88. The Morgan fingerprint density at radius 3 is 0.714 bits per heavy atom. The number of hydrogen-bond donors (Lipinski definition) is 6. The third-order valence-electron chi connectivity index (χ3n) is 0. The first-order chi connectivity index (χ1) is 4.00. The summed E-state index contributed by atoms with van der Waals surface area (Å²) in [6.07, 6.45) is 0. The van der Waals surface area contributed by atoms with E-state index in [1.807, 2.05) is 0 Å². The molecule has 0 atom stereocenters. The van der Waals surface area contributed by atoms with Gasteiger partial charge in [0.05, 0.1) is 0 Å². The van der Waals surface area contributed by atoms with Crippen molar-refractivity contribution in [1.29, 1.82) is 0 Å². The largest absolute Gasteiger partial charge is 1.00 e. The smallest absolute Gasteiger partial charge is 1.00 e. The van der Waals surface area contributed by atoms with E-state index in [1.165, 1.54) is 0 Å². The van der Waals surface area contributed by atoms with Gasteiger partial charge in [-0.3, -0.25) is 0 Å². The maximum Gasteiger partial charge on any atom is 1.00 e. The quantitative estimate of drug-likeness (QED) is 0.186. The summed E-state index contributed by atoms with van der Waals surface area (Å²) >= 11 is 0.